The van der Waals surface area contributed by atoms with E-state index >= 15 is 0 Å². The van der Waals surface area contributed by atoms with Crippen LogP contribution in [-0.2, 0) is 9.53 Å². The fraction of sp³-hybridized carbons (Fsp3) is 0.800. The molecule has 5 heteroatoms. The summed E-state index contributed by atoms with van der Waals surface area (Å²) in [4.78, 5) is 22.6. The molecule has 0 unspecified atom stereocenters. The monoisotopic (exact) mass is 217 g/mol. The van der Waals surface area contributed by atoms with Crippen LogP contribution in [0.1, 0.15) is 26.7 Å². The van der Waals surface area contributed by atoms with Crippen LogP contribution in [0.2, 0.25) is 0 Å². The maximum absolute atomic E-state index is 11.8. The first-order valence-corrected chi connectivity index (χ1v) is 5.09. The molecule has 1 amide bonds. The molecule has 0 bridgehead atoms. The number of rotatable bonds is 6. The van der Waals surface area contributed by atoms with Crippen molar-refractivity contribution in [3.8, 4) is 0 Å². The van der Waals surface area contributed by atoms with Gasteiger partial charge < -0.3 is 15.2 Å². The van der Waals surface area contributed by atoms with Crippen molar-refractivity contribution < 1.29 is 19.4 Å². The van der Waals surface area contributed by atoms with E-state index in [-0.39, 0.29) is 11.7 Å². The minimum Gasteiger partial charge on any atom is -0.453 e. The van der Waals surface area contributed by atoms with E-state index in [1.807, 2.05) is 13.8 Å². The molecule has 0 aliphatic heterocycles. The fourth-order valence-corrected chi connectivity index (χ4v) is 1.38. The molecule has 0 saturated heterocycles. The summed E-state index contributed by atoms with van der Waals surface area (Å²) in [5.74, 6) is -0.271. The second-order valence-corrected chi connectivity index (χ2v) is 3.29. The van der Waals surface area contributed by atoms with E-state index in [1.54, 1.807) is 0 Å². The highest BCUT2D eigenvalue weighted by atomic mass is 16.5. The zero-order chi connectivity index (χ0) is 11.8. The number of amides is 1. The summed E-state index contributed by atoms with van der Waals surface area (Å²) in [7, 11) is 1.21. The highest BCUT2D eigenvalue weighted by molar-refractivity contribution is 5.89. The van der Waals surface area contributed by atoms with E-state index in [0.29, 0.717) is 12.8 Å². The third-order valence-electron chi connectivity index (χ3n) is 2.39. The topological polar surface area (TPSA) is 75.6 Å². The third-order valence-corrected chi connectivity index (χ3v) is 2.39. The van der Waals surface area contributed by atoms with E-state index in [2.05, 4.69) is 10.1 Å². The number of aliphatic hydroxyl groups is 1. The van der Waals surface area contributed by atoms with Gasteiger partial charge in [-0.3, -0.25) is 4.79 Å². The molecule has 0 aliphatic carbocycles. The van der Waals surface area contributed by atoms with E-state index in [0.717, 1.165) is 0 Å². The van der Waals surface area contributed by atoms with Crippen molar-refractivity contribution in [2.24, 2.45) is 5.92 Å². The zero-order valence-corrected chi connectivity index (χ0v) is 9.45. The Bertz CT molecular complexity index is 213. The highest BCUT2D eigenvalue weighted by Gasteiger charge is 2.25. The van der Waals surface area contributed by atoms with Crippen LogP contribution in [0.15, 0.2) is 0 Å². The SMILES string of the molecule is CCC(CC)C(=O)[C@H](CO)NC(=O)OC. The van der Waals surface area contributed by atoms with Crippen molar-refractivity contribution in [1.29, 1.82) is 0 Å². The molecule has 15 heavy (non-hydrogen) atoms. The van der Waals surface area contributed by atoms with Gasteiger partial charge in [0.05, 0.1) is 13.7 Å². The van der Waals surface area contributed by atoms with Crippen molar-refractivity contribution in [3.63, 3.8) is 0 Å². The van der Waals surface area contributed by atoms with Gasteiger partial charge >= 0.3 is 6.09 Å². The van der Waals surface area contributed by atoms with E-state index in [1.165, 1.54) is 7.11 Å². The minimum atomic E-state index is -0.859. The number of carbonyl (C=O) groups is 2. The average Bonchev–Trinajstić information content (AvgIpc) is 2.26. The van der Waals surface area contributed by atoms with Crippen LogP contribution in [-0.4, -0.2) is 36.7 Å². The van der Waals surface area contributed by atoms with Crippen LogP contribution in [0, 0.1) is 5.92 Å². The molecule has 0 aromatic rings. The lowest BCUT2D eigenvalue weighted by molar-refractivity contribution is -0.125. The van der Waals surface area contributed by atoms with Gasteiger partial charge in [0.1, 0.15) is 6.04 Å². The molecule has 2 N–H and O–H groups in total. The van der Waals surface area contributed by atoms with Crippen molar-refractivity contribution in [3.05, 3.63) is 0 Å². The van der Waals surface area contributed by atoms with Gasteiger partial charge in [-0.2, -0.15) is 0 Å². The predicted molar refractivity (Wildman–Crippen MR) is 55.5 cm³/mol. The quantitative estimate of drug-likeness (QED) is 0.687. The lowest BCUT2D eigenvalue weighted by Gasteiger charge is -2.19. The smallest absolute Gasteiger partial charge is 0.407 e. The van der Waals surface area contributed by atoms with Gasteiger partial charge in [-0.05, 0) is 12.8 Å². The molecule has 0 rings (SSSR count). The van der Waals surface area contributed by atoms with Crippen LogP contribution in [0.4, 0.5) is 4.79 Å². The van der Waals surface area contributed by atoms with Crippen molar-refractivity contribution in [2.75, 3.05) is 13.7 Å². The number of ketones is 1. The third kappa shape index (κ3) is 4.29. The van der Waals surface area contributed by atoms with Crippen LogP contribution >= 0.6 is 0 Å². The predicted octanol–water partition coefficient (Wildman–Crippen LogP) is 0.709. The fourth-order valence-electron chi connectivity index (χ4n) is 1.38. The summed E-state index contributed by atoms with van der Waals surface area (Å²) in [5.41, 5.74) is 0. The molecule has 0 aliphatic rings. The van der Waals surface area contributed by atoms with E-state index < -0.39 is 18.7 Å². The molecule has 5 nitrogen and oxygen atoms in total. The summed E-state index contributed by atoms with van der Waals surface area (Å²) in [6.45, 7) is 3.40. The van der Waals surface area contributed by atoms with Crippen LogP contribution < -0.4 is 5.32 Å². The van der Waals surface area contributed by atoms with Gasteiger partial charge in [0.15, 0.2) is 5.78 Å². The van der Waals surface area contributed by atoms with Crippen molar-refractivity contribution in [1.82, 2.24) is 5.32 Å². The summed E-state index contributed by atoms with van der Waals surface area (Å²) in [6.07, 6.45) is 0.706. The van der Waals surface area contributed by atoms with Crippen LogP contribution in [0.3, 0.4) is 0 Å². The maximum Gasteiger partial charge on any atom is 0.407 e. The summed E-state index contributed by atoms with van der Waals surface area (Å²) < 4.78 is 4.37. The molecule has 1 atom stereocenters. The van der Waals surface area contributed by atoms with Gasteiger partial charge in [0.25, 0.3) is 0 Å². The Kier molecular flexibility index (Phi) is 6.70. The Morgan fingerprint density at radius 2 is 1.87 bits per heavy atom. The first kappa shape index (κ1) is 13.9. The Morgan fingerprint density at radius 3 is 2.20 bits per heavy atom. The second kappa shape index (κ2) is 7.23. The number of hydrogen-bond acceptors (Lipinski definition) is 4. The summed E-state index contributed by atoms with van der Waals surface area (Å²) in [6, 6.07) is -0.859. The van der Waals surface area contributed by atoms with Crippen molar-refractivity contribution in [2.45, 2.75) is 32.7 Å². The van der Waals surface area contributed by atoms with Crippen LogP contribution in [0.5, 0.6) is 0 Å². The molecule has 0 aromatic carbocycles. The van der Waals surface area contributed by atoms with E-state index in [4.69, 9.17) is 5.11 Å². The number of alkyl carbamates (subject to hydrolysis) is 1. The Hall–Kier alpha value is -1.10. The Labute approximate surface area is 89.8 Å². The molecular weight excluding hydrogens is 198 g/mol. The molecule has 0 spiro atoms. The first-order chi connectivity index (χ1) is 7.10. The number of nitrogens with one attached hydrogen (secondary N) is 1. The largest absolute Gasteiger partial charge is 0.453 e. The lowest BCUT2D eigenvalue weighted by Crippen LogP contribution is -2.45. The van der Waals surface area contributed by atoms with Gasteiger partial charge in [-0.25, -0.2) is 4.79 Å². The number of methoxy groups -OCH3 is 1. The lowest BCUT2D eigenvalue weighted by atomic mass is 9.93. The molecule has 0 heterocycles. The standard InChI is InChI=1S/C10H19NO4/c1-4-7(5-2)9(13)8(6-12)11-10(14)15-3/h7-8,12H,4-6H2,1-3H3,(H,11,14)/t8-/m0/s1. The number of aliphatic hydroxyl groups excluding tert-OH is 1. The summed E-state index contributed by atoms with van der Waals surface area (Å²) >= 11 is 0. The molecule has 0 aromatic heterocycles. The number of hydrogen-bond donors (Lipinski definition) is 2. The second-order valence-electron chi connectivity index (χ2n) is 3.29. The van der Waals surface area contributed by atoms with Gasteiger partial charge in [0, 0.05) is 5.92 Å². The Balaban J connectivity index is 4.38. The first-order valence-electron chi connectivity index (χ1n) is 5.09. The normalized spacial score (nSPS) is 12.3. The molecule has 0 fully saturated rings. The van der Waals surface area contributed by atoms with Gasteiger partial charge in [-0.1, -0.05) is 13.8 Å². The van der Waals surface area contributed by atoms with Gasteiger partial charge in [0.2, 0.25) is 0 Å². The number of ether oxygens (including phenoxy) is 1. The molecule has 0 saturated carbocycles. The molecular formula is C10H19NO4. The van der Waals surface area contributed by atoms with Crippen molar-refractivity contribution >= 4 is 11.9 Å². The van der Waals surface area contributed by atoms with Gasteiger partial charge in [-0.15, -0.1) is 0 Å². The maximum atomic E-state index is 11.8. The summed E-state index contributed by atoms with van der Waals surface area (Å²) in [5, 5.41) is 11.3. The minimum absolute atomic E-state index is 0.126. The van der Waals surface area contributed by atoms with E-state index in [9.17, 15) is 9.59 Å². The average molecular weight is 217 g/mol. The zero-order valence-electron chi connectivity index (χ0n) is 9.45. The number of Topliss-reactive ketones (excluding diaryl/α,β-unsaturated/α-hetero) is 1. The Morgan fingerprint density at radius 1 is 1.33 bits per heavy atom. The highest BCUT2D eigenvalue weighted by Crippen LogP contribution is 2.11. The molecule has 88 valence electrons. The van der Waals surface area contributed by atoms with Crippen LogP contribution in [0.25, 0.3) is 0 Å². The molecule has 0 radical (unpaired) electrons. The number of carbonyl (C=O) groups excluding carboxylic acids is 2.